The normalized spacial score (nSPS) is 14.1. The van der Waals surface area contributed by atoms with E-state index in [0.717, 1.165) is 34.1 Å². The van der Waals surface area contributed by atoms with Crippen molar-refractivity contribution in [1.29, 1.82) is 0 Å². The first-order valence-electron chi connectivity index (χ1n) is 9.67. The number of anilines is 1. The van der Waals surface area contributed by atoms with Gasteiger partial charge >= 0.3 is 0 Å². The highest BCUT2D eigenvalue weighted by atomic mass is 32.2. The quantitative estimate of drug-likeness (QED) is 0.418. The first kappa shape index (κ1) is 17.4. The summed E-state index contributed by atoms with van der Waals surface area (Å²) in [6.45, 7) is 2.22. The zero-order valence-electron chi connectivity index (χ0n) is 15.5. The maximum absolute atomic E-state index is 13.2. The summed E-state index contributed by atoms with van der Waals surface area (Å²) >= 11 is 1.66. The smallest absolute Gasteiger partial charge is 0.123 e. The van der Waals surface area contributed by atoms with Gasteiger partial charge in [0.05, 0.1) is 0 Å². The molecule has 0 unspecified atom stereocenters. The molecule has 0 aliphatic carbocycles. The van der Waals surface area contributed by atoms with E-state index in [1.807, 2.05) is 12.1 Å². The molecule has 140 valence electrons. The largest absolute Gasteiger partial charge is 0.371 e. The molecular formula is C24H21FN2S. The summed E-state index contributed by atoms with van der Waals surface area (Å²) in [6, 6.07) is 24.0. The van der Waals surface area contributed by atoms with Crippen molar-refractivity contribution in [3.05, 3.63) is 78.6 Å². The Kier molecular flexibility index (Phi) is 4.57. The lowest BCUT2D eigenvalue weighted by atomic mass is 10.1. The fourth-order valence-corrected chi connectivity index (χ4v) is 4.74. The Balaban J connectivity index is 1.57. The molecule has 1 aromatic heterocycles. The fraction of sp³-hybridized carbons (Fsp3) is 0.167. The van der Waals surface area contributed by atoms with Gasteiger partial charge in [0.1, 0.15) is 5.82 Å². The van der Waals surface area contributed by atoms with E-state index in [-0.39, 0.29) is 5.82 Å². The number of halogens is 1. The van der Waals surface area contributed by atoms with Crippen LogP contribution in [-0.2, 0) is 0 Å². The second-order valence-corrected chi connectivity index (χ2v) is 8.35. The Hall–Kier alpha value is -2.72. The standard InChI is InChI=1S/C24H21FN2S/c25-18-7-9-19(10-8-18)28-20-11-12-24(27-13-3-4-14-27)21(16-20)23-15-17-5-1-2-6-22(17)26-23/h1-2,5-12,15-16,26H,3-4,13-14H2. The molecule has 0 spiro atoms. The van der Waals surface area contributed by atoms with Gasteiger partial charge in [0.25, 0.3) is 0 Å². The number of fused-ring (bicyclic) bond motifs is 1. The fourth-order valence-electron chi connectivity index (χ4n) is 3.89. The van der Waals surface area contributed by atoms with Crippen LogP contribution in [0.2, 0.25) is 0 Å². The molecule has 28 heavy (non-hydrogen) atoms. The highest BCUT2D eigenvalue weighted by Crippen LogP contribution is 2.38. The number of aromatic amines is 1. The van der Waals surface area contributed by atoms with Gasteiger partial charge in [-0.15, -0.1) is 0 Å². The number of H-pyrrole nitrogens is 1. The van der Waals surface area contributed by atoms with Crippen LogP contribution >= 0.6 is 11.8 Å². The molecule has 1 aliphatic heterocycles. The van der Waals surface area contributed by atoms with E-state index in [2.05, 4.69) is 58.4 Å². The number of rotatable bonds is 4. The van der Waals surface area contributed by atoms with Crippen LogP contribution in [0, 0.1) is 5.82 Å². The number of aromatic nitrogens is 1. The van der Waals surface area contributed by atoms with Crippen molar-refractivity contribution >= 4 is 28.4 Å². The molecule has 0 radical (unpaired) electrons. The average Bonchev–Trinajstić information content (AvgIpc) is 3.39. The first-order valence-corrected chi connectivity index (χ1v) is 10.5. The average molecular weight is 389 g/mol. The molecule has 4 heteroatoms. The summed E-state index contributed by atoms with van der Waals surface area (Å²) in [5.74, 6) is -0.201. The lowest BCUT2D eigenvalue weighted by Crippen LogP contribution is -2.18. The lowest BCUT2D eigenvalue weighted by molar-refractivity contribution is 0.626. The third-order valence-corrected chi connectivity index (χ3v) is 6.28. The third-order valence-electron chi connectivity index (χ3n) is 5.28. The van der Waals surface area contributed by atoms with Gasteiger partial charge in [-0.2, -0.15) is 0 Å². The Labute approximate surface area is 168 Å². The van der Waals surface area contributed by atoms with Gasteiger partial charge in [0, 0.05) is 50.7 Å². The maximum atomic E-state index is 13.2. The van der Waals surface area contributed by atoms with Crippen LogP contribution in [0.5, 0.6) is 0 Å². The molecule has 2 heterocycles. The summed E-state index contributed by atoms with van der Waals surface area (Å²) in [5, 5.41) is 1.22. The molecule has 1 fully saturated rings. The lowest BCUT2D eigenvalue weighted by Gasteiger charge is -2.22. The number of para-hydroxylation sites is 1. The molecule has 0 saturated carbocycles. The SMILES string of the molecule is Fc1ccc(Sc2ccc(N3CCCC3)c(-c3cc4ccccc4[nH]3)c2)cc1. The van der Waals surface area contributed by atoms with Crippen molar-refractivity contribution in [2.45, 2.75) is 22.6 Å². The molecule has 3 aromatic carbocycles. The minimum absolute atomic E-state index is 0.201. The minimum atomic E-state index is -0.201. The van der Waals surface area contributed by atoms with Crippen LogP contribution in [0.4, 0.5) is 10.1 Å². The minimum Gasteiger partial charge on any atom is -0.371 e. The van der Waals surface area contributed by atoms with Gasteiger partial charge in [0.15, 0.2) is 0 Å². The van der Waals surface area contributed by atoms with Crippen LogP contribution in [0.3, 0.4) is 0 Å². The van der Waals surface area contributed by atoms with E-state index in [1.165, 1.54) is 41.6 Å². The predicted molar refractivity (Wildman–Crippen MR) is 116 cm³/mol. The number of benzene rings is 3. The van der Waals surface area contributed by atoms with Crippen molar-refractivity contribution in [2.24, 2.45) is 0 Å². The van der Waals surface area contributed by atoms with Crippen LogP contribution < -0.4 is 4.90 Å². The summed E-state index contributed by atoms with van der Waals surface area (Å²) in [5.41, 5.74) is 4.81. The highest BCUT2D eigenvalue weighted by molar-refractivity contribution is 7.99. The monoisotopic (exact) mass is 388 g/mol. The van der Waals surface area contributed by atoms with Crippen molar-refractivity contribution in [3.8, 4) is 11.3 Å². The Morgan fingerprint density at radius 3 is 2.36 bits per heavy atom. The van der Waals surface area contributed by atoms with E-state index in [1.54, 1.807) is 11.8 Å². The molecule has 0 bridgehead atoms. The number of hydrogen-bond acceptors (Lipinski definition) is 2. The molecule has 1 N–H and O–H groups in total. The molecule has 0 atom stereocenters. The van der Waals surface area contributed by atoms with E-state index in [0.29, 0.717) is 0 Å². The summed E-state index contributed by atoms with van der Waals surface area (Å²) in [7, 11) is 0. The van der Waals surface area contributed by atoms with Gasteiger partial charge in [-0.1, -0.05) is 30.0 Å². The van der Waals surface area contributed by atoms with Gasteiger partial charge in [-0.05, 0) is 67.4 Å². The van der Waals surface area contributed by atoms with E-state index in [9.17, 15) is 4.39 Å². The molecule has 2 nitrogen and oxygen atoms in total. The molecule has 1 saturated heterocycles. The molecule has 1 aliphatic rings. The highest BCUT2D eigenvalue weighted by Gasteiger charge is 2.18. The molecule has 4 aromatic rings. The van der Waals surface area contributed by atoms with Gasteiger partial charge < -0.3 is 9.88 Å². The topological polar surface area (TPSA) is 19.0 Å². The van der Waals surface area contributed by atoms with Gasteiger partial charge in [-0.25, -0.2) is 4.39 Å². The van der Waals surface area contributed by atoms with Crippen LogP contribution in [0.15, 0.2) is 82.6 Å². The molecule has 0 amide bonds. The zero-order valence-corrected chi connectivity index (χ0v) is 16.3. The summed E-state index contributed by atoms with van der Waals surface area (Å²) < 4.78 is 13.2. The third kappa shape index (κ3) is 3.40. The predicted octanol–water partition coefficient (Wildman–Crippen LogP) is 6.73. The van der Waals surface area contributed by atoms with Crippen molar-refractivity contribution in [1.82, 2.24) is 4.98 Å². The van der Waals surface area contributed by atoms with Crippen LogP contribution in [0.1, 0.15) is 12.8 Å². The second-order valence-electron chi connectivity index (χ2n) is 7.20. The van der Waals surface area contributed by atoms with Gasteiger partial charge in [-0.3, -0.25) is 0 Å². The van der Waals surface area contributed by atoms with Crippen molar-refractivity contribution in [3.63, 3.8) is 0 Å². The summed E-state index contributed by atoms with van der Waals surface area (Å²) in [6.07, 6.45) is 2.50. The molecular weight excluding hydrogens is 367 g/mol. The van der Waals surface area contributed by atoms with Crippen LogP contribution in [-0.4, -0.2) is 18.1 Å². The Bertz CT molecular complexity index is 1080. The van der Waals surface area contributed by atoms with E-state index in [4.69, 9.17) is 0 Å². The zero-order chi connectivity index (χ0) is 18.9. The van der Waals surface area contributed by atoms with Crippen molar-refractivity contribution < 1.29 is 4.39 Å². The van der Waals surface area contributed by atoms with E-state index >= 15 is 0 Å². The summed E-state index contributed by atoms with van der Waals surface area (Å²) in [4.78, 5) is 8.26. The first-order chi connectivity index (χ1) is 13.8. The Morgan fingerprint density at radius 1 is 0.821 bits per heavy atom. The maximum Gasteiger partial charge on any atom is 0.123 e. The number of hydrogen-bond donors (Lipinski definition) is 1. The number of nitrogens with one attached hydrogen (secondary N) is 1. The van der Waals surface area contributed by atoms with E-state index < -0.39 is 0 Å². The van der Waals surface area contributed by atoms with Gasteiger partial charge in [0.2, 0.25) is 0 Å². The molecule has 5 rings (SSSR count). The second kappa shape index (κ2) is 7.36. The number of nitrogens with zero attached hydrogens (tertiary/aromatic N) is 1. The van der Waals surface area contributed by atoms with Crippen LogP contribution in [0.25, 0.3) is 22.2 Å². The van der Waals surface area contributed by atoms with Crippen molar-refractivity contribution in [2.75, 3.05) is 18.0 Å². The Morgan fingerprint density at radius 2 is 1.57 bits per heavy atom.